The van der Waals surface area contributed by atoms with Gasteiger partial charge in [-0.2, -0.15) is 0 Å². The lowest BCUT2D eigenvalue weighted by atomic mass is 10.1. The molecule has 0 bridgehead atoms. The van der Waals surface area contributed by atoms with E-state index in [9.17, 15) is 9.18 Å². The minimum atomic E-state index is -0.654. The molecule has 4 heteroatoms. The van der Waals surface area contributed by atoms with Gasteiger partial charge in [0.05, 0.1) is 12.2 Å². The Labute approximate surface area is 101 Å². The van der Waals surface area contributed by atoms with Crippen molar-refractivity contribution in [2.75, 3.05) is 13.2 Å². The molecule has 0 aromatic heterocycles. The summed E-state index contributed by atoms with van der Waals surface area (Å²) in [6, 6.07) is 4.65. The molecule has 1 aromatic rings. The Morgan fingerprint density at radius 2 is 2.18 bits per heavy atom. The number of hydrogen-bond acceptors (Lipinski definition) is 3. The predicted octanol–water partition coefficient (Wildman–Crippen LogP) is 2.72. The predicted molar refractivity (Wildman–Crippen MR) is 62.5 cm³/mol. The van der Waals surface area contributed by atoms with Crippen molar-refractivity contribution in [1.82, 2.24) is 0 Å². The van der Waals surface area contributed by atoms with Gasteiger partial charge in [-0.05, 0) is 32.4 Å². The van der Waals surface area contributed by atoms with E-state index in [0.717, 1.165) is 0 Å². The first-order chi connectivity index (χ1) is 8.06. The van der Waals surface area contributed by atoms with Crippen LogP contribution >= 0.6 is 0 Å². The summed E-state index contributed by atoms with van der Waals surface area (Å²) in [5, 5.41) is 0. The second kappa shape index (κ2) is 6.35. The van der Waals surface area contributed by atoms with Crippen LogP contribution in [0.2, 0.25) is 0 Å². The van der Waals surface area contributed by atoms with Crippen molar-refractivity contribution in [1.29, 1.82) is 0 Å². The van der Waals surface area contributed by atoms with Crippen LogP contribution in [0.15, 0.2) is 18.2 Å². The van der Waals surface area contributed by atoms with Crippen LogP contribution in [0.1, 0.15) is 29.8 Å². The number of rotatable bonds is 5. The Kier molecular flexibility index (Phi) is 5.10. The molecule has 0 saturated carbocycles. The van der Waals surface area contributed by atoms with Gasteiger partial charge in [-0.1, -0.05) is 12.1 Å². The first kappa shape index (κ1) is 13.6. The molecule has 1 unspecified atom stereocenters. The molecular formula is C13H17FO3. The molecule has 0 spiro atoms. The number of hydrogen-bond donors (Lipinski definition) is 0. The fourth-order valence-corrected chi connectivity index (χ4v) is 1.37. The van der Waals surface area contributed by atoms with Gasteiger partial charge < -0.3 is 9.47 Å². The molecule has 1 rings (SSSR count). The third kappa shape index (κ3) is 3.82. The topological polar surface area (TPSA) is 35.5 Å². The van der Waals surface area contributed by atoms with Gasteiger partial charge in [-0.3, -0.25) is 0 Å². The normalized spacial score (nSPS) is 12.2. The van der Waals surface area contributed by atoms with E-state index in [0.29, 0.717) is 18.8 Å². The van der Waals surface area contributed by atoms with Crippen molar-refractivity contribution < 1.29 is 18.7 Å². The van der Waals surface area contributed by atoms with Gasteiger partial charge in [0.15, 0.2) is 0 Å². The molecule has 0 saturated heterocycles. The smallest absolute Gasteiger partial charge is 0.341 e. The molecule has 0 aliphatic rings. The van der Waals surface area contributed by atoms with Crippen LogP contribution in [0.5, 0.6) is 0 Å². The Bertz CT molecular complexity index is 390. The molecule has 0 aliphatic carbocycles. The van der Waals surface area contributed by atoms with Gasteiger partial charge in [0, 0.05) is 6.61 Å². The van der Waals surface area contributed by atoms with E-state index in [4.69, 9.17) is 9.47 Å². The van der Waals surface area contributed by atoms with Crippen LogP contribution in [0.3, 0.4) is 0 Å². The molecule has 17 heavy (non-hydrogen) atoms. The number of esters is 1. The zero-order chi connectivity index (χ0) is 12.8. The van der Waals surface area contributed by atoms with Crippen molar-refractivity contribution in [3.63, 3.8) is 0 Å². The van der Waals surface area contributed by atoms with Gasteiger partial charge in [0.1, 0.15) is 11.9 Å². The summed E-state index contributed by atoms with van der Waals surface area (Å²) in [4.78, 5) is 11.7. The highest BCUT2D eigenvalue weighted by molar-refractivity contribution is 5.90. The SMILES string of the molecule is CCOCC(C)OC(=O)c1cccc(C)c1F. The lowest BCUT2D eigenvalue weighted by Crippen LogP contribution is -2.21. The highest BCUT2D eigenvalue weighted by Crippen LogP contribution is 2.13. The van der Waals surface area contributed by atoms with E-state index in [2.05, 4.69) is 0 Å². The Hall–Kier alpha value is -1.42. The fourth-order valence-electron chi connectivity index (χ4n) is 1.37. The van der Waals surface area contributed by atoms with E-state index in [-0.39, 0.29) is 11.7 Å². The van der Waals surface area contributed by atoms with Crippen LogP contribution in [0.4, 0.5) is 4.39 Å². The monoisotopic (exact) mass is 240 g/mol. The van der Waals surface area contributed by atoms with Crippen LogP contribution in [-0.2, 0) is 9.47 Å². The fraction of sp³-hybridized carbons (Fsp3) is 0.462. The molecule has 0 heterocycles. The van der Waals surface area contributed by atoms with Crippen LogP contribution < -0.4 is 0 Å². The molecule has 1 aromatic carbocycles. The van der Waals surface area contributed by atoms with E-state index in [1.54, 1.807) is 26.0 Å². The van der Waals surface area contributed by atoms with E-state index >= 15 is 0 Å². The molecule has 1 atom stereocenters. The zero-order valence-corrected chi connectivity index (χ0v) is 10.3. The van der Waals surface area contributed by atoms with E-state index < -0.39 is 11.8 Å². The lowest BCUT2D eigenvalue weighted by Gasteiger charge is -2.13. The van der Waals surface area contributed by atoms with E-state index in [1.807, 2.05) is 6.92 Å². The summed E-state index contributed by atoms with van der Waals surface area (Å²) in [5.41, 5.74) is 0.394. The summed E-state index contributed by atoms with van der Waals surface area (Å²) in [5.74, 6) is -1.18. The molecular weight excluding hydrogens is 223 g/mol. The molecule has 0 fully saturated rings. The largest absolute Gasteiger partial charge is 0.457 e. The number of ether oxygens (including phenoxy) is 2. The summed E-state index contributed by atoms with van der Waals surface area (Å²) in [7, 11) is 0. The third-order valence-corrected chi connectivity index (χ3v) is 2.28. The summed E-state index contributed by atoms with van der Waals surface area (Å²) in [6.45, 7) is 6.04. The second-order valence-corrected chi connectivity index (χ2v) is 3.81. The third-order valence-electron chi connectivity index (χ3n) is 2.28. The minimum Gasteiger partial charge on any atom is -0.457 e. The molecule has 3 nitrogen and oxygen atoms in total. The molecule has 0 N–H and O–H groups in total. The second-order valence-electron chi connectivity index (χ2n) is 3.81. The van der Waals surface area contributed by atoms with Crippen molar-refractivity contribution in [2.24, 2.45) is 0 Å². The first-order valence-electron chi connectivity index (χ1n) is 5.60. The Morgan fingerprint density at radius 1 is 1.47 bits per heavy atom. The molecule has 0 aliphatic heterocycles. The maximum Gasteiger partial charge on any atom is 0.341 e. The summed E-state index contributed by atoms with van der Waals surface area (Å²) in [6.07, 6.45) is -0.387. The van der Waals surface area contributed by atoms with Gasteiger partial charge in [-0.15, -0.1) is 0 Å². The summed E-state index contributed by atoms with van der Waals surface area (Å²) >= 11 is 0. The van der Waals surface area contributed by atoms with Crippen molar-refractivity contribution in [3.05, 3.63) is 35.1 Å². The number of carbonyl (C=O) groups is 1. The first-order valence-corrected chi connectivity index (χ1v) is 5.60. The highest BCUT2D eigenvalue weighted by atomic mass is 19.1. The molecule has 94 valence electrons. The van der Waals surface area contributed by atoms with Crippen LogP contribution in [0, 0.1) is 12.7 Å². The Morgan fingerprint density at radius 3 is 2.82 bits per heavy atom. The zero-order valence-electron chi connectivity index (χ0n) is 10.3. The maximum atomic E-state index is 13.6. The van der Waals surface area contributed by atoms with Gasteiger partial charge in [-0.25, -0.2) is 9.18 Å². The van der Waals surface area contributed by atoms with Gasteiger partial charge in [0.25, 0.3) is 0 Å². The molecule has 0 amide bonds. The molecule has 0 radical (unpaired) electrons. The van der Waals surface area contributed by atoms with E-state index in [1.165, 1.54) is 6.07 Å². The quantitative estimate of drug-likeness (QED) is 0.742. The lowest BCUT2D eigenvalue weighted by molar-refractivity contribution is 0.00399. The highest BCUT2D eigenvalue weighted by Gasteiger charge is 2.17. The summed E-state index contributed by atoms with van der Waals surface area (Å²) < 4.78 is 23.8. The average molecular weight is 240 g/mol. The average Bonchev–Trinajstić information content (AvgIpc) is 2.29. The number of halogens is 1. The van der Waals surface area contributed by atoms with Crippen LogP contribution in [0.25, 0.3) is 0 Å². The van der Waals surface area contributed by atoms with Crippen molar-refractivity contribution >= 4 is 5.97 Å². The van der Waals surface area contributed by atoms with Crippen molar-refractivity contribution in [2.45, 2.75) is 26.9 Å². The number of benzene rings is 1. The van der Waals surface area contributed by atoms with Crippen molar-refractivity contribution in [3.8, 4) is 0 Å². The number of aryl methyl sites for hydroxylation is 1. The maximum absolute atomic E-state index is 13.6. The Balaban J connectivity index is 2.67. The standard InChI is InChI=1S/C13H17FO3/c1-4-16-8-10(3)17-13(15)11-7-5-6-9(2)12(11)14/h5-7,10H,4,8H2,1-3H3. The number of carbonyl (C=O) groups excluding carboxylic acids is 1. The van der Waals surface area contributed by atoms with Gasteiger partial charge >= 0.3 is 5.97 Å². The van der Waals surface area contributed by atoms with Crippen LogP contribution in [-0.4, -0.2) is 25.3 Å². The minimum absolute atomic E-state index is 0.0339. The van der Waals surface area contributed by atoms with Gasteiger partial charge in [0.2, 0.25) is 0 Å².